The van der Waals surface area contributed by atoms with Crippen LogP contribution in [0.5, 0.6) is 0 Å². The number of rotatable bonds is 4. The van der Waals surface area contributed by atoms with Crippen LogP contribution in [0.1, 0.15) is 50.6 Å². The summed E-state index contributed by atoms with van der Waals surface area (Å²) >= 11 is 0. The third-order valence-corrected chi connectivity index (χ3v) is 4.41. The van der Waals surface area contributed by atoms with Crippen molar-refractivity contribution in [2.24, 2.45) is 11.1 Å². The highest BCUT2D eigenvalue weighted by Gasteiger charge is 2.39. The summed E-state index contributed by atoms with van der Waals surface area (Å²) in [6.07, 6.45) is 7.29. The molecule has 1 fully saturated rings. The fraction of sp³-hybridized carbons (Fsp3) is 0.667. The first kappa shape index (κ1) is 13.5. The van der Waals surface area contributed by atoms with Crippen LogP contribution in [-0.2, 0) is 0 Å². The second-order valence-electron chi connectivity index (χ2n) is 5.76. The van der Waals surface area contributed by atoms with Crippen LogP contribution in [0.3, 0.4) is 0 Å². The van der Waals surface area contributed by atoms with Gasteiger partial charge in [-0.25, -0.2) is 0 Å². The molecule has 1 heterocycles. The zero-order valence-electron chi connectivity index (χ0n) is 11.2. The highest BCUT2D eigenvalue weighted by Crippen LogP contribution is 2.42. The van der Waals surface area contributed by atoms with Crippen LogP contribution in [0, 0.1) is 5.41 Å². The van der Waals surface area contributed by atoms with Gasteiger partial charge in [0, 0.05) is 24.4 Å². The third kappa shape index (κ3) is 2.73. The van der Waals surface area contributed by atoms with Gasteiger partial charge in [0.25, 0.3) is 0 Å². The zero-order chi connectivity index (χ0) is 13.0. The average Bonchev–Trinajstić information content (AvgIpc) is 2.41. The van der Waals surface area contributed by atoms with Crippen molar-refractivity contribution in [3.05, 3.63) is 30.1 Å². The molecule has 1 aliphatic carbocycles. The van der Waals surface area contributed by atoms with E-state index >= 15 is 0 Å². The van der Waals surface area contributed by atoms with Crippen molar-refractivity contribution < 1.29 is 5.11 Å². The quantitative estimate of drug-likeness (QED) is 0.860. The van der Waals surface area contributed by atoms with Gasteiger partial charge in [-0.05, 0) is 30.4 Å². The van der Waals surface area contributed by atoms with E-state index in [-0.39, 0.29) is 11.3 Å². The van der Waals surface area contributed by atoms with E-state index in [0.717, 1.165) is 18.5 Å². The van der Waals surface area contributed by atoms with Gasteiger partial charge in [-0.1, -0.05) is 32.3 Å². The van der Waals surface area contributed by atoms with Crippen LogP contribution in [0.15, 0.2) is 24.4 Å². The largest absolute Gasteiger partial charge is 0.392 e. The van der Waals surface area contributed by atoms with Gasteiger partial charge < -0.3 is 10.8 Å². The Morgan fingerprint density at radius 2 is 2.06 bits per heavy atom. The van der Waals surface area contributed by atoms with Gasteiger partial charge in [-0.15, -0.1) is 0 Å². The number of nitrogens with two attached hydrogens (primary N) is 1. The van der Waals surface area contributed by atoms with Gasteiger partial charge in [0.1, 0.15) is 0 Å². The Balaban J connectivity index is 2.17. The van der Waals surface area contributed by atoms with E-state index in [2.05, 4.69) is 11.9 Å². The van der Waals surface area contributed by atoms with Gasteiger partial charge in [0.2, 0.25) is 0 Å². The average molecular weight is 248 g/mol. The smallest absolute Gasteiger partial charge is 0.0689 e. The fourth-order valence-corrected chi connectivity index (χ4v) is 3.15. The molecule has 2 atom stereocenters. The molecule has 18 heavy (non-hydrogen) atoms. The molecule has 100 valence electrons. The second kappa shape index (κ2) is 5.81. The Bertz CT molecular complexity index is 360. The molecule has 2 unspecified atom stereocenters. The SMILES string of the molecule is CC1(C(O)C(CN)c2ccccn2)CCCCC1. The fourth-order valence-electron chi connectivity index (χ4n) is 3.15. The highest BCUT2D eigenvalue weighted by atomic mass is 16.3. The van der Waals surface area contributed by atoms with Gasteiger partial charge in [-0.2, -0.15) is 0 Å². The van der Waals surface area contributed by atoms with E-state index < -0.39 is 6.10 Å². The molecule has 0 aromatic carbocycles. The number of aliphatic hydroxyl groups is 1. The van der Waals surface area contributed by atoms with Crippen molar-refractivity contribution in [3.8, 4) is 0 Å². The summed E-state index contributed by atoms with van der Waals surface area (Å²) in [5, 5.41) is 10.7. The van der Waals surface area contributed by atoms with Gasteiger partial charge in [-0.3, -0.25) is 4.98 Å². The van der Waals surface area contributed by atoms with E-state index in [1.54, 1.807) is 6.20 Å². The first-order chi connectivity index (χ1) is 8.67. The van der Waals surface area contributed by atoms with Crippen molar-refractivity contribution in [1.82, 2.24) is 4.98 Å². The predicted octanol–water partition coefficient (Wildman–Crippen LogP) is 2.46. The van der Waals surface area contributed by atoms with Crippen LogP contribution >= 0.6 is 0 Å². The second-order valence-corrected chi connectivity index (χ2v) is 5.76. The first-order valence-corrected chi connectivity index (χ1v) is 6.96. The predicted molar refractivity (Wildman–Crippen MR) is 73.2 cm³/mol. The summed E-state index contributed by atoms with van der Waals surface area (Å²) < 4.78 is 0. The number of pyridine rings is 1. The van der Waals surface area contributed by atoms with E-state index in [1.807, 2.05) is 18.2 Å². The molecule has 0 radical (unpaired) electrons. The van der Waals surface area contributed by atoms with Gasteiger partial charge in [0.05, 0.1) is 6.10 Å². The van der Waals surface area contributed by atoms with Crippen molar-refractivity contribution in [2.75, 3.05) is 6.54 Å². The molecule has 3 nitrogen and oxygen atoms in total. The molecule has 0 aliphatic heterocycles. The van der Waals surface area contributed by atoms with Gasteiger partial charge in [0.15, 0.2) is 0 Å². The van der Waals surface area contributed by atoms with E-state index in [4.69, 9.17) is 5.73 Å². The minimum Gasteiger partial charge on any atom is -0.392 e. The lowest BCUT2D eigenvalue weighted by Crippen LogP contribution is -2.41. The standard InChI is InChI=1S/C15H24N2O/c1-15(8-4-2-5-9-15)14(18)12(11-16)13-7-3-6-10-17-13/h3,6-7,10,12,14,18H,2,4-5,8-9,11,16H2,1H3. The Kier molecular flexibility index (Phi) is 4.36. The summed E-state index contributed by atoms with van der Waals surface area (Å²) in [6.45, 7) is 2.65. The van der Waals surface area contributed by atoms with Crippen LogP contribution in [0.25, 0.3) is 0 Å². The summed E-state index contributed by atoms with van der Waals surface area (Å²) in [5.74, 6) is -0.0469. The molecule has 0 saturated heterocycles. The number of nitrogens with zero attached hydrogens (tertiary/aromatic N) is 1. The molecule has 0 spiro atoms. The molecule has 0 bridgehead atoms. The third-order valence-electron chi connectivity index (χ3n) is 4.41. The lowest BCUT2D eigenvalue weighted by molar-refractivity contribution is -0.00832. The molecule has 1 saturated carbocycles. The normalized spacial score (nSPS) is 22.4. The van der Waals surface area contributed by atoms with Crippen molar-refractivity contribution in [2.45, 2.75) is 51.0 Å². The zero-order valence-corrected chi connectivity index (χ0v) is 11.2. The summed E-state index contributed by atoms with van der Waals surface area (Å²) in [7, 11) is 0. The topological polar surface area (TPSA) is 59.1 Å². The molecule has 3 N–H and O–H groups in total. The summed E-state index contributed by atoms with van der Waals surface area (Å²) in [5.41, 5.74) is 6.79. The number of aliphatic hydroxyl groups excluding tert-OH is 1. The van der Waals surface area contributed by atoms with E-state index in [9.17, 15) is 5.11 Å². The Hall–Kier alpha value is -0.930. The minimum absolute atomic E-state index is 0.000190. The van der Waals surface area contributed by atoms with E-state index in [1.165, 1.54) is 19.3 Å². The minimum atomic E-state index is -0.391. The Morgan fingerprint density at radius 3 is 2.61 bits per heavy atom. The van der Waals surface area contributed by atoms with Crippen molar-refractivity contribution in [3.63, 3.8) is 0 Å². The van der Waals surface area contributed by atoms with E-state index in [0.29, 0.717) is 6.54 Å². The van der Waals surface area contributed by atoms with Crippen molar-refractivity contribution >= 4 is 0 Å². The van der Waals surface area contributed by atoms with Crippen LogP contribution in [0.2, 0.25) is 0 Å². The van der Waals surface area contributed by atoms with Crippen LogP contribution in [-0.4, -0.2) is 22.7 Å². The summed E-state index contributed by atoms with van der Waals surface area (Å²) in [4.78, 5) is 4.36. The Morgan fingerprint density at radius 1 is 1.33 bits per heavy atom. The maximum absolute atomic E-state index is 10.7. The number of hydrogen-bond acceptors (Lipinski definition) is 3. The molecule has 2 rings (SSSR count). The van der Waals surface area contributed by atoms with Crippen LogP contribution < -0.4 is 5.73 Å². The maximum Gasteiger partial charge on any atom is 0.0689 e. The lowest BCUT2D eigenvalue weighted by Gasteiger charge is -2.41. The monoisotopic (exact) mass is 248 g/mol. The molecule has 1 aromatic heterocycles. The molecule has 3 heteroatoms. The highest BCUT2D eigenvalue weighted by molar-refractivity contribution is 5.13. The molecular formula is C15H24N2O. The molecule has 0 amide bonds. The summed E-state index contributed by atoms with van der Waals surface area (Å²) in [6, 6.07) is 5.82. The van der Waals surface area contributed by atoms with Crippen LogP contribution in [0.4, 0.5) is 0 Å². The molecular weight excluding hydrogens is 224 g/mol. The maximum atomic E-state index is 10.7. The lowest BCUT2D eigenvalue weighted by atomic mass is 9.68. The number of aromatic nitrogens is 1. The van der Waals surface area contributed by atoms with Crippen molar-refractivity contribution in [1.29, 1.82) is 0 Å². The first-order valence-electron chi connectivity index (χ1n) is 6.96. The number of hydrogen-bond donors (Lipinski definition) is 2. The van der Waals surface area contributed by atoms with Gasteiger partial charge >= 0.3 is 0 Å². The molecule has 1 aromatic rings. The Labute approximate surface area is 109 Å². The molecule has 1 aliphatic rings.